The topological polar surface area (TPSA) is 73.8 Å². The minimum absolute atomic E-state index is 0.0881. The highest BCUT2D eigenvalue weighted by atomic mass is 32.2. The average molecular weight is 318 g/mol. The summed E-state index contributed by atoms with van der Waals surface area (Å²) in [6.07, 6.45) is 1.63. The third-order valence-corrected chi connectivity index (χ3v) is 4.01. The van der Waals surface area contributed by atoms with E-state index in [0.717, 1.165) is 4.90 Å². The van der Waals surface area contributed by atoms with Crippen LogP contribution in [0.5, 0.6) is 0 Å². The molecule has 1 aromatic heterocycles. The second kappa shape index (κ2) is 6.31. The van der Waals surface area contributed by atoms with E-state index >= 15 is 0 Å². The minimum atomic E-state index is -0.591. The minimum Gasteiger partial charge on any atom is -0.390 e. The predicted molar refractivity (Wildman–Crippen MR) is 86.1 cm³/mol. The molecule has 0 unspecified atom stereocenters. The van der Waals surface area contributed by atoms with Crippen LogP contribution in [0.3, 0.4) is 0 Å². The molecule has 0 fully saturated rings. The Balaban J connectivity index is 2.26. The lowest BCUT2D eigenvalue weighted by atomic mass is 9.87. The molecule has 7 heteroatoms. The van der Waals surface area contributed by atoms with Gasteiger partial charge in [-0.25, -0.2) is 0 Å². The molecule has 0 bridgehead atoms. The van der Waals surface area contributed by atoms with E-state index in [1.54, 1.807) is 6.08 Å². The Morgan fingerprint density at radius 1 is 1.36 bits per heavy atom. The number of aromatic nitrogens is 3. The summed E-state index contributed by atoms with van der Waals surface area (Å²) in [5, 5.41) is 15.2. The van der Waals surface area contributed by atoms with Crippen LogP contribution in [0.25, 0.3) is 0 Å². The number of rotatable bonds is 5. The summed E-state index contributed by atoms with van der Waals surface area (Å²) in [6, 6.07) is 8.10. The number of hydrogen-bond acceptors (Lipinski definition) is 5. The molecule has 2 rings (SSSR count). The lowest BCUT2D eigenvalue weighted by Crippen LogP contribution is -2.10. The van der Waals surface area contributed by atoms with E-state index in [-0.39, 0.29) is 5.41 Å². The molecule has 0 spiro atoms. The third-order valence-electron chi connectivity index (χ3n) is 3.02. The van der Waals surface area contributed by atoms with E-state index in [0.29, 0.717) is 11.7 Å². The zero-order chi connectivity index (χ0) is 16.3. The molecule has 2 aromatic rings. The third kappa shape index (κ3) is 3.73. The number of hydrogen-bond donors (Lipinski definition) is 0. The maximum atomic E-state index is 10.8. The predicted octanol–water partition coefficient (Wildman–Crippen LogP) is 3.82. The van der Waals surface area contributed by atoms with Crippen molar-refractivity contribution >= 4 is 17.7 Å². The number of allylic oxidation sites excluding steroid dienone is 1. The first-order valence-corrected chi connectivity index (χ1v) is 7.61. The van der Waals surface area contributed by atoms with Crippen LogP contribution in [0.4, 0.5) is 5.95 Å². The fourth-order valence-corrected chi connectivity index (χ4v) is 2.67. The van der Waals surface area contributed by atoms with Crippen molar-refractivity contribution in [1.82, 2.24) is 14.8 Å². The molecule has 0 aliphatic carbocycles. The van der Waals surface area contributed by atoms with Gasteiger partial charge in [0.2, 0.25) is 0 Å². The highest BCUT2D eigenvalue weighted by molar-refractivity contribution is 7.99. The Morgan fingerprint density at radius 2 is 2.00 bits per heavy atom. The van der Waals surface area contributed by atoms with Crippen LogP contribution in [0.1, 0.15) is 26.3 Å². The number of nitro groups is 1. The van der Waals surface area contributed by atoms with Gasteiger partial charge < -0.3 is 10.1 Å². The van der Waals surface area contributed by atoms with Gasteiger partial charge in [-0.2, -0.15) is 4.68 Å². The van der Waals surface area contributed by atoms with E-state index in [4.69, 9.17) is 0 Å². The van der Waals surface area contributed by atoms with Crippen LogP contribution >= 0.6 is 11.8 Å². The first-order valence-electron chi connectivity index (χ1n) is 6.80. The molecule has 0 aliphatic rings. The molecule has 0 radical (unpaired) electrons. The zero-order valence-electron chi connectivity index (χ0n) is 12.8. The van der Waals surface area contributed by atoms with Crippen LogP contribution in [-0.2, 0) is 12.0 Å². The second-order valence-corrected chi connectivity index (χ2v) is 6.84. The average Bonchev–Trinajstić information content (AvgIpc) is 2.82. The van der Waals surface area contributed by atoms with Gasteiger partial charge in [-0.05, 0) is 44.8 Å². The first kappa shape index (κ1) is 16.2. The van der Waals surface area contributed by atoms with E-state index in [9.17, 15) is 10.1 Å². The van der Waals surface area contributed by atoms with Crippen molar-refractivity contribution in [2.45, 2.75) is 42.8 Å². The smallest absolute Gasteiger partial charge is 0.390 e. The molecule has 0 saturated carbocycles. The van der Waals surface area contributed by atoms with Gasteiger partial charge in [0.15, 0.2) is 0 Å². The van der Waals surface area contributed by atoms with Crippen molar-refractivity contribution in [2.24, 2.45) is 0 Å². The Hall–Kier alpha value is -2.15. The fraction of sp³-hybridized carbons (Fsp3) is 0.333. The Bertz CT molecular complexity index is 687. The lowest BCUT2D eigenvalue weighted by molar-refractivity contribution is -0.394. The van der Waals surface area contributed by atoms with Crippen LogP contribution < -0.4 is 0 Å². The van der Waals surface area contributed by atoms with Crippen molar-refractivity contribution in [3.63, 3.8) is 0 Å². The monoisotopic (exact) mass is 318 g/mol. The van der Waals surface area contributed by atoms with E-state index in [1.165, 1.54) is 22.0 Å². The van der Waals surface area contributed by atoms with Crippen LogP contribution in [-0.4, -0.2) is 19.7 Å². The SMILES string of the molecule is C=CCn1nc([N+](=O)[O-])nc1Sc1ccc(C(C)(C)C)cc1. The van der Waals surface area contributed by atoms with Gasteiger partial charge in [-0.15, -0.1) is 6.58 Å². The van der Waals surface area contributed by atoms with Gasteiger partial charge in [-0.1, -0.05) is 39.0 Å². The molecule has 0 atom stereocenters. The molecule has 0 saturated heterocycles. The maximum Gasteiger partial charge on any atom is 0.492 e. The van der Waals surface area contributed by atoms with Gasteiger partial charge in [-0.3, -0.25) is 0 Å². The summed E-state index contributed by atoms with van der Waals surface area (Å²) >= 11 is 1.35. The normalized spacial score (nSPS) is 11.4. The van der Waals surface area contributed by atoms with Crippen molar-refractivity contribution in [3.05, 3.63) is 52.6 Å². The standard InChI is InChI=1S/C15H18N4O2S/c1-5-10-18-14(16-13(17-18)19(20)21)22-12-8-6-11(7-9-12)15(2,3)4/h5-9H,1,10H2,2-4H3. The highest BCUT2D eigenvalue weighted by Gasteiger charge is 2.22. The summed E-state index contributed by atoms with van der Waals surface area (Å²) in [5.74, 6) is -0.393. The molecule has 6 nitrogen and oxygen atoms in total. The van der Waals surface area contributed by atoms with E-state index in [1.807, 2.05) is 12.1 Å². The molecule has 0 amide bonds. The molecule has 0 aliphatic heterocycles. The summed E-state index contributed by atoms with van der Waals surface area (Å²) < 4.78 is 1.48. The van der Waals surface area contributed by atoms with Gasteiger partial charge in [0.05, 0.1) is 6.54 Å². The van der Waals surface area contributed by atoms with Crippen LogP contribution in [0.2, 0.25) is 0 Å². The summed E-state index contributed by atoms with van der Waals surface area (Å²) in [6.45, 7) is 10.5. The van der Waals surface area contributed by atoms with Crippen molar-refractivity contribution < 1.29 is 4.92 Å². The largest absolute Gasteiger partial charge is 0.492 e. The molecule has 1 aromatic carbocycles. The van der Waals surface area contributed by atoms with Crippen molar-refractivity contribution in [2.75, 3.05) is 0 Å². The van der Waals surface area contributed by atoms with Gasteiger partial charge in [0.1, 0.15) is 0 Å². The van der Waals surface area contributed by atoms with Crippen LogP contribution in [0, 0.1) is 10.1 Å². The van der Waals surface area contributed by atoms with E-state index in [2.05, 4.69) is 49.6 Å². The quantitative estimate of drug-likeness (QED) is 0.476. The molecule has 116 valence electrons. The Labute approximate surface area is 133 Å². The summed E-state index contributed by atoms with van der Waals surface area (Å²) in [4.78, 5) is 15.1. The highest BCUT2D eigenvalue weighted by Crippen LogP contribution is 2.30. The second-order valence-electron chi connectivity index (χ2n) is 5.80. The molecule has 0 N–H and O–H groups in total. The van der Waals surface area contributed by atoms with Crippen LogP contribution in [0.15, 0.2) is 47.0 Å². The lowest BCUT2D eigenvalue weighted by Gasteiger charge is -2.18. The molecular weight excluding hydrogens is 300 g/mol. The zero-order valence-corrected chi connectivity index (χ0v) is 13.6. The van der Waals surface area contributed by atoms with Crippen molar-refractivity contribution in [3.8, 4) is 0 Å². The van der Waals surface area contributed by atoms with Gasteiger partial charge >= 0.3 is 5.95 Å². The molecule has 22 heavy (non-hydrogen) atoms. The summed E-state index contributed by atoms with van der Waals surface area (Å²) in [5.41, 5.74) is 1.32. The first-order chi connectivity index (χ1) is 10.3. The van der Waals surface area contributed by atoms with Gasteiger partial charge in [0, 0.05) is 9.99 Å². The van der Waals surface area contributed by atoms with Gasteiger partial charge in [0.25, 0.3) is 5.16 Å². The van der Waals surface area contributed by atoms with E-state index < -0.39 is 10.9 Å². The maximum absolute atomic E-state index is 10.8. The fourth-order valence-electron chi connectivity index (χ4n) is 1.84. The van der Waals surface area contributed by atoms with Crippen molar-refractivity contribution in [1.29, 1.82) is 0 Å². The Morgan fingerprint density at radius 3 is 2.50 bits per heavy atom. The molecular formula is C15H18N4O2S. The number of benzene rings is 1. The summed E-state index contributed by atoms with van der Waals surface area (Å²) in [7, 11) is 0. The molecule has 1 heterocycles. The Kier molecular flexibility index (Phi) is 4.65. The number of nitrogens with zero attached hydrogens (tertiary/aromatic N) is 4.